The number of carboxylic acid groups (broad SMARTS) is 1. The summed E-state index contributed by atoms with van der Waals surface area (Å²) < 4.78 is 1.58. The van der Waals surface area contributed by atoms with E-state index in [1.807, 2.05) is 0 Å². The number of nitrogens with zero attached hydrogens (tertiary/aromatic N) is 1. The molecule has 0 aromatic heterocycles. The lowest BCUT2D eigenvalue weighted by atomic mass is 9.72. The largest absolute Gasteiger partial charge is 0.509 e. The molecular weight excluding hydrogens is 358 g/mol. The number of aliphatic hydroxyl groups is 1. The maximum Gasteiger partial charge on any atom is 0.322 e. The van der Waals surface area contributed by atoms with Crippen LogP contribution < -0.4 is 10.7 Å². The zero-order valence-corrected chi connectivity index (χ0v) is 15.8. The molecule has 142 valence electrons. The van der Waals surface area contributed by atoms with Crippen LogP contribution >= 0.6 is 11.9 Å². The summed E-state index contributed by atoms with van der Waals surface area (Å²) in [7, 11) is 0. The number of hydrazine groups is 1. The summed E-state index contributed by atoms with van der Waals surface area (Å²) in [6.45, 7) is 6.01. The molecule has 2 heterocycles. The third kappa shape index (κ3) is 3.33. The van der Waals surface area contributed by atoms with Gasteiger partial charge in [0.25, 0.3) is 11.8 Å². The van der Waals surface area contributed by atoms with Gasteiger partial charge in [-0.3, -0.25) is 19.8 Å². The second-order valence-electron chi connectivity index (χ2n) is 7.85. The number of carbonyl (C=O) groups excluding carboxylic acids is 2. The van der Waals surface area contributed by atoms with Crippen LogP contribution in [0.15, 0.2) is 21.8 Å². The van der Waals surface area contributed by atoms with Gasteiger partial charge >= 0.3 is 5.97 Å². The Bertz CT molecular complexity index is 737. The molecule has 3 rings (SSSR count). The third-order valence-corrected chi connectivity index (χ3v) is 6.28. The molecule has 9 heteroatoms. The number of rotatable bonds is 3. The highest BCUT2D eigenvalue weighted by atomic mass is 32.2. The minimum Gasteiger partial charge on any atom is -0.509 e. The van der Waals surface area contributed by atoms with Gasteiger partial charge in [0.15, 0.2) is 0 Å². The molecule has 0 fully saturated rings. The van der Waals surface area contributed by atoms with E-state index < -0.39 is 35.9 Å². The lowest BCUT2D eigenvalue weighted by molar-refractivity contribution is -0.138. The van der Waals surface area contributed by atoms with Crippen LogP contribution in [0.25, 0.3) is 0 Å². The number of aliphatic hydroxyl groups excluding tert-OH is 1. The first-order chi connectivity index (χ1) is 12.1. The van der Waals surface area contributed by atoms with Gasteiger partial charge in [0, 0.05) is 4.91 Å². The molecular formula is C17H23N3O5S. The Morgan fingerprint density at radius 1 is 1.38 bits per heavy atom. The molecule has 4 N–H and O–H groups in total. The molecule has 8 nitrogen and oxygen atoms in total. The molecule has 26 heavy (non-hydrogen) atoms. The van der Waals surface area contributed by atoms with E-state index in [2.05, 4.69) is 31.5 Å². The van der Waals surface area contributed by atoms with Crippen LogP contribution in [0.1, 0.15) is 40.0 Å². The Kier molecular flexibility index (Phi) is 4.78. The van der Waals surface area contributed by atoms with E-state index in [4.69, 9.17) is 5.11 Å². The number of allylic oxidation sites excluding steroid dienone is 1. The Hall–Kier alpha value is -2.00. The molecule has 2 unspecified atom stereocenters. The first kappa shape index (κ1) is 18.8. The number of carboxylic acids is 1. The van der Waals surface area contributed by atoms with E-state index in [0.29, 0.717) is 5.92 Å². The second kappa shape index (κ2) is 6.62. The molecule has 2 atom stereocenters. The standard InChI is InChI=1S/C17H23N3O5S/c1-17(2,3)8-4-5-9-10(6-8)26-20-13(9)14(23)12(16(25)19-20)15(24)18-7-11(21)22/h8,13,23H,4-7H2,1-3H3,(H,18,24)(H,19,25)(H,21,22). The first-order valence-corrected chi connectivity index (χ1v) is 9.30. The molecule has 1 aliphatic carbocycles. The predicted molar refractivity (Wildman–Crippen MR) is 95.5 cm³/mol. The van der Waals surface area contributed by atoms with Gasteiger partial charge < -0.3 is 15.5 Å². The van der Waals surface area contributed by atoms with E-state index in [1.165, 1.54) is 11.9 Å². The Morgan fingerprint density at radius 3 is 2.69 bits per heavy atom. The number of nitrogens with one attached hydrogen (secondary N) is 2. The molecule has 0 aromatic rings. The van der Waals surface area contributed by atoms with Crippen LogP contribution in [-0.4, -0.2) is 45.0 Å². The summed E-state index contributed by atoms with van der Waals surface area (Å²) in [5.41, 5.74) is 3.41. The summed E-state index contributed by atoms with van der Waals surface area (Å²) in [4.78, 5) is 36.2. The molecule has 0 aromatic carbocycles. The second-order valence-corrected chi connectivity index (χ2v) is 8.92. The van der Waals surface area contributed by atoms with Crippen molar-refractivity contribution in [2.45, 2.75) is 46.1 Å². The number of amides is 2. The summed E-state index contributed by atoms with van der Waals surface area (Å²) in [5, 5.41) is 21.4. The average molecular weight is 381 g/mol. The van der Waals surface area contributed by atoms with Gasteiger partial charge in [0.2, 0.25) is 0 Å². The molecule has 0 saturated carbocycles. The van der Waals surface area contributed by atoms with Crippen LogP contribution in [0.2, 0.25) is 0 Å². The Labute approximate surface area is 155 Å². The van der Waals surface area contributed by atoms with Crippen molar-refractivity contribution in [3.63, 3.8) is 0 Å². The van der Waals surface area contributed by atoms with Crippen LogP contribution in [0.3, 0.4) is 0 Å². The number of hydrogen-bond donors (Lipinski definition) is 4. The fourth-order valence-electron chi connectivity index (χ4n) is 3.60. The maximum absolute atomic E-state index is 12.3. The van der Waals surface area contributed by atoms with E-state index in [9.17, 15) is 19.5 Å². The van der Waals surface area contributed by atoms with Crippen molar-refractivity contribution in [2.75, 3.05) is 6.54 Å². The van der Waals surface area contributed by atoms with E-state index in [0.717, 1.165) is 29.7 Å². The highest BCUT2D eigenvalue weighted by Gasteiger charge is 2.47. The molecule has 2 aliphatic heterocycles. The highest BCUT2D eigenvalue weighted by Crippen LogP contribution is 2.52. The summed E-state index contributed by atoms with van der Waals surface area (Å²) in [6, 6.07) is -0.570. The lowest BCUT2D eigenvalue weighted by Crippen LogP contribution is -2.52. The van der Waals surface area contributed by atoms with Crippen LogP contribution in [0, 0.1) is 11.3 Å². The smallest absolute Gasteiger partial charge is 0.322 e. The zero-order valence-electron chi connectivity index (χ0n) is 15.0. The van der Waals surface area contributed by atoms with Gasteiger partial charge in [0.05, 0.1) is 0 Å². The Balaban J connectivity index is 1.87. The molecule has 3 aliphatic rings. The molecule has 0 bridgehead atoms. The molecule has 2 amide bonds. The van der Waals surface area contributed by atoms with Crippen molar-refractivity contribution in [3.05, 3.63) is 21.8 Å². The van der Waals surface area contributed by atoms with E-state index >= 15 is 0 Å². The quantitative estimate of drug-likeness (QED) is 0.432. The molecule has 0 saturated heterocycles. The van der Waals surface area contributed by atoms with Crippen molar-refractivity contribution < 1.29 is 24.6 Å². The number of hydrogen-bond acceptors (Lipinski definition) is 6. The van der Waals surface area contributed by atoms with Crippen LogP contribution in [0.4, 0.5) is 0 Å². The van der Waals surface area contributed by atoms with Crippen molar-refractivity contribution in [2.24, 2.45) is 11.3 Å². The van der Waals surface area contributed by atoms with Gasteiger partial charge in [0.1, 0.15) is 23.9 Å². The fraction of sp³-hybridized carbons (Fsp3) is 0.588. The predicted octanol–water partition coefficient (Wildman–Crippen LogP) is 1.48. The summed E-state index contributed by atoms with van der Waals surface area (Å²) in [5.74, 6) is -2.65. The van der Waals surface area contributed by atoms with Gasteiger partial charge in [-0.25, -0.2) is 0 Å². The van der Waals surface area contributed by atoms with Gasteiger partial charge in [-0.2, -0.15) is 0 Å². The van der Waals surface area contributed by atoms with Crippen molar-refractivity contribution >= 4 is 29.7 Å². The number of aliphatic carboxylic acids is 1. The minimum atomic E-state index is -1.22. The molecule has 0 spiro atoms. The lowest BCUT2D eigenvalue weighted by Gasteiger charge is -2.35. The number of fused-ring (bicyclic) bond motifs is 2. The summed E-state index contributed by atoms with van der Waals surface area (Å²) in [6.07, 6.45) is 2.64. The van der Waals surface area contributed by atoms with Gasteiger partial charge in [-0.1, -0.05) is 20.8 Å². The number of carbonyl (C=O) groups is 3. The fourth-order valence-corrected chi connectivity index (χ4v) is 4.90. The topological polar surface area (TPSA) is 119 Å². The zero-order chi connectivity index (χ0) is 19.2. The Morgan fingerprint density at radius 2 is 2.08 bits per heavy atom. The van der Waals surface area contributed by atoms with Gasteiger partial charge in [-0.15, -0.1) is 4.41 Å². The molecule has 0 radical (unpaired) electrons. The highest BCUT2D eigenvalue weighted by molar-refractivity contribution is 8.01. The van der Waals surface area contributed by atoms with E-state index in [-0.39, 0.29) is 11.2 Å². The van der Waals surface area contributed by atoms with Crippen molar-refractivity contribution in [1.82, 2.24) is 15.2 Å². The third-order valence-electron chi connectivity index (χ3n) is 5.13. The van der Waals surface area contributed by atoms with Crippen LogP contribution in [-0.2, 0) is 14.4 Å². The average Bonchev–Trinajstić information content (AvgIpc) is 2.89. The minimum absolute atomic E-state index is 0.172. The first-order valence-electron chi connectivity index (χ1n) is 8.52. The monoisotopic (exact) mass is 381 g/mol. The van der Waals surface area contributed by atoms with Crippen LogP contribution in [0.5, 0.6) is 0 Å². The summed E-state index contributed by atoms with van der Waals surface area (Å²) >= 11 is 1.40. The van der Waals surface area contributed by atoms with Crippen molar-refractivity contribution in [3.8, 4) is 0 Å². The van der Waals surface area contributed by atoms with Crippen molar-refractivity contribution in [1.29, 1.82) is 0 Å². The maximum atomic E-state index is 12.3. The SMILES string of the molecule is CC(C)(C)C1CCC2=C(C1)SN1NC(=O)C(C(=O)NCC(=O)O)=C(O)C21. The van der Waals surface area contributed by atoms with Gasteiger partial charge in [-0.05, 0) is 48.1 Å². The normalized spacial score (nSPS) is 26.3. The van der Waals surface area contributed by atoms with E-state index in [1.54, 1.807) is 4.41 Å².